The number of nitrogens with zero attached hydrogens (tertiary/aromatic N) is 1. The van der Waals surface area contributed by atoms with Crippen LogP contribution in [0.4, 0.5) is 0 Å². The summed E-state index contributed by atoms with van der Waals surface area (Å²) in [6.45, 7) is 0. The van der Waals surface area contributed by atoms with Gasteiger partial charge in [0.25, 0.3) is 0 Å². The average Bonchev–Trinajstić information content (AvgIpc) is 2.80. The second-order valence-electron chi connectivity index (χ2n) is 3.15. The van der Waals surface area contributed by atoms with Gasteiger partial charge in [0.05, 0.1) is 5.69 Å². The Bertz CT molecular complexity index is 429. The summed E-state index contributed by atoms with van der Waals surface area (Å²) in [6.07, 6.45) is 5.92. The molecule has 0 fully saturated rings. The van der Waals surface area contributed by atoms with Crippen LogP contribution in [-0.4, -0.2) is 15.5 Å². The van der Waals surface area contributed by atoms with Gasteiger partial charge in [-0.15, -0.1) is 0 Å². The van der Waals surface area contributed by atoms with Gasteiger partial charge in [-0.3, -0.25) is 5.10 Å². The molecule has 0 saturated heterocycles. The Hall–Kier alpha value is -1.35. The minimum absolute atomic E-state index is 0.884. The Kier molecular flexibility index (Phi) is 3.35. The van der Waals surface area contributed by atoms with Crippen LogP contribution >= 0.6 is 15.9 Å². The van der Waals surface area contributed by atoms with Crippen molar-refractivity contribution < 1.29 is 0 Å². The molecular weight excluding hydrogens is 252 g/mol. The van der Waals surface area contributed by atoms with Crippen molar-refractivity contribution in [2.45, 2.75) is 0 Å². The van der Waals surface area contributed by atoms with Crippen LogP contribution in [-0.2, 0) is 0 Å². The van der Waals surface area contributed by atoms with Gasteiger partial charge in [0.1, 0.15) is 0 Å². The highest BCUT2D eigenvalue weighted by Gasteiger charge is 1.96. The van der Waals surface area contributed by atoms with Crippen LogP contribution < -0.4 is 0 Å². The number of benzene rings is 1. The molecule has 0 atom stereocenters. The smallest absolute Gasteiger partial charge is 0.0650 e. The molecule has 0 radical (unpaired) electrons. The zero-order valence-electron chi connectivity index (χ0n) is 8.15. The number of rotatable bonds is 3. The third-order valence-electron chi connectivity index (χ3n) is 2.12. The van der Waals surface area contributed by atoms with E-state index >= 15 is 0 Å². The van der Waals surface area contributed by atoms with E-state index in [1.807, 2.05) is 6.07 Å². The molecule has 0 unspecified atom stereocenters. The first kappa shape index (κ1) is 10.2. The van der Waals surface area contributed by atoms with Crippen LogP contribution in [0.25, 0.3) is 17.3 Å². The fraction of sp³-hybridized carbons (Fsp3) is 0.0833. The molecule has 1 aromatic heterocycles. The van der Waals surface area contributed by atoms with Crippen LogP contribution in [0.5, 0.6) is 0 Å². The lowest BCUT2D eigenvalue weighted by atomic mass is 10.1. The second kappa shape index (κ2) is 4.94. The zero-order chi connectivity index (χ0) is 10.5. The Morgan fingerprint density at radius 3 is 2.60 bits per heavy atom. The molecule has 0 aliphatic rings. The summed E-state index contributed by atoms with van der Waals surface area (Å²) in [5.74, 6) is 0. The first-order chi connectivity index (χ1) is 7.40. The Morgan fingerprint density at radius 1 is 1.20 bits per heavy atom. The van der Waals surface area contributed by atoms with E-state index in [9.17, 15) is 0 Å². The lowest BCUT2D eigenvalue weighted by molar-refractivity contribution is 1.10. The minimum Gasteiger partial charge on any atom is -0.278 e. The number of halogens is 1. The second-order valence-corrected chi connectivity index (χ2v) is 3.80. The van der Waals surface area contributed by atoms with Crippen LogP contribution in [0.3, 0.4) is 0 Å². The predicted molar refractivity (Wildman–Crippen MR) is 66.9 cm³/mol. The zero-order valence-corrected chi connectivity index (χ0v) is 9.74. The number of aromatic nitrogens is 2. The fourth-order valence-electron chi connectivity index (χ4n) is 1.37. The van der Waals surface area contributed by atoms with Crippen molar-refractivity contribution in [2.24, 2.45) is 0 Å². The summed E-state index contributed by atoms with van der Waals surface area (Å²) in [4.78, 5) is 0. The Labute approximate surface area is 97.2 Å². The van der Waals surface area contributed by atoms with E-state index < -0.39 is 0 Å². The molecular formula is C12H11BrN2. The molecule has 3 heteroatoms. The quantitative estimate of drug-likeness (QED) is 0.844. The third kappa shape index (κ3) is 2.57. The molecule has 15 heavy (non-hydrogen) atoms. The van der Waals surface area contributed by atoms with Crippen molar-refractivity contribution in [2.75, 3.05) is 5.33 Å². The van der Waals surface area contributed by atoms with Gasteiger partial charge >= 0.3 is 0 Å². The van der Waals surface area contributed by atoms with Crippen LogP contribution in [0, 0.1) is 0 Å². The lowest BCUT2D eigenvalue weighted by Crippen LogP contribution is -1.78. The normalized spacial score (nSPS) is 11.0. The first-order valence-electron chi connectivity index (χ1n) is 4.72. The van der Waals surface area contributed by atoms with E-state index in [4.69, 9.17) is 0 Å². The fourth-order valence-corrected chi connectivity index (χ4v) is 1.56. The monoisotopic (exact) mass is 262 g/mol. The maximum Gasteiger partial charge on any atom is 0.0650 e. The number of H-pyrrole nitrogens is 1. The van der Waals surface area contributed by atoms with Crippen molar-refractivity contribution in [3.8, 4) is 11.3 Å². The molecule has 2 rings (SSSR count). The summed E-state index contributed by atoms with van der Waals surface area (Å²) in [5, 5.41) is 7.75. The van der Waals surface area contributed by atoms with E-state index in [1.165, 1.54) is 5.56 Å². The number of hydrogen-bond donors (Lipinski definition) is 1. The van der Waals surface area contributed by atoms with Crippen LogP contribution in [0.1, 0.15) is 5.56 Å². The van der Waals surface area contributed by atoms with Crippen molar-refractivity contribution in [3.05, 3.63) is 48.2 Å². The van der Waals surface area contributed by atoms with Gasteiger partial charge in [-0.1, -0.05) is 52.3 Å². The molecule has 2 aromatic rings. The molecule has 1 aromatic carbocycles. The van der Waals surface area contributed by atoms with Gasteiger partial charge < -0.3 is 0 Å². The van der Waals surface area contributed by atoms with Crippen molar-refractivity contribution >= 4 is 22.0 Å². The van der Waals surface area contributed by atoms with E-state index in [2.05, 4.69) is 62.5 Å². The molecule has 2 nitrogen and oxygen atoms in total. The molecule has 0 spiro atoms. The third-order valence-corrected chi connectivity index (χ3v) is 2.50. The van der Waals surface area contributed by atoms with Gasteiger partial charge in [0.2, 0.25) is 0 Å². The summed E-state index contributed by atoms with van der Waals surface area (Å²) >= 11 is 3.35. The Balaban J connectivity index is 2.21. The number of alkyl halides is 1. The topological polar surface area (TPSA) is 28.7 Å². The average molecular weight is 263 g/mol. The van der Waals surface area contributed by atoms with Crippen LogP contribution in [0.15, 0.2) is 42.6 Å². The minimum atomic E-state index is 0.884. The largest absolute Gasteiger partial charge is 0.278 e. The highest BCUT2D eigenvalue weighted by Crippen LogP contribution is 2.17. The standard InChI is InChI=1S/C12H11BrN2/c13-8-1-2-10-3-5-11(6-4-10)12-7-9-14-15-12/h1-7,9H,8H2,(H,14,15). The molecule has 76 valence electrons. The van der Waals surface area contributed by atoms with Gasteiger partial charge in [0, 0.05) is 11.5 Å². The highest BCUT2D eigenvalue weighted by atomic mass is 79.9. The highest BCUT2D eigenvalue weighted by molar-refractivity contribution is 9.09. The number of hydrogen-bond acceptors (Lipinski definition) is 1. The van der Waals surface area contributed by atoms with Gasteiger partial charge in [-0.05, 0) is 17.2 Å². The van der Waals surface area contributed by atoms with Gasteiger partial charge in [-0.25, -0.2) is 0 Å². The van der Waals surface area contributed by atoms with Crippen molar-refractivity contribution in [3.63, 3.8) is 0 Å². The number of nitrogens with one attached hydrogen (secondary N) is 1. The predicted octanol–water partition coefficient (Wildman–Crippen LogP) is 3.48. The first-order valence-corrected chi connectivity index (χ1v) is 5.84. The van der Waals surface area contributed by atoms with E-state index in [1.54, 1.807) is 6.20 Å². The maximum absolute atomic E-state index is 3.93. The summed E-state index contributed by atoms with van der Waals surface area (Å²) < 4.78 is 0. The summed E-state index contributed by atoms with van der Waals surface area (Å²) in [7, 11) is 0. The van der Waals surface area contributed by atoms with Crippen LogP contribution in [0.2, 0.25) is 0 Å². The molecule has 0 bridgehead atoms. The molecule has 0 saturated carbocycles. The van der Waals surface area contributed by atoms with Gasteiger partial charge in [-0.2, -0.15) is 5.10 Å². The van der Waals surface area contributed by atoms with Gasteiger partial charge in [0.15, 0.2) is 0 Å². The Morgan fingerprint density at radius 2 is 2.00 bits per heavy atom. The van der Waals surface area contributed by atoms with E-state index in [-0.39, 0.29) is 0 Å². The summed E-state index contributed by atoms with van der Waals surface area (Å²) in [5.41, 5.74) is 3.41. The van der Waals surface area contributed by atoms with Crippen molar-refractivity contribution in [1.82, 2.24) is 10.2 Å². The molecule has 1 heterocycles. The number of allylic oxidation sites excluding steroid dienone is 1. The van der Waals surface area contributed by atoms with E-state index in [0.29, 0.717) is 0 Å². The SMILES string of the molecule is BrCC=Cc1ccc(-c2ccn[nH]2)cc1. The summed E-state index contributed by atoms with van der Waals surface area (Å²) in [6, 6.07) is 10.3. The lowest BCUT2D eigenvalue weighted by Gasteiger charge is -1.98. The maximum atomic E-state index is 3.93. The molecule has 0 amide bonds. The molecule has 0 aliphatic carbocycles. The molecule has 0 aliphatic heterocycles. The number of aromatic amines is 1. The van der Waals surface area contributed by atoms with Crippen molar-refractivity contribution in [1.29, 1.82) is 0 Å². The molecule has 1 N–H and O–H groups in total. The van der Waals surface area contributed by atoms with E-state index in [0.717, 1.165) is 16.6 Å².